The van der Waals surface area contributed by atoms with Crippen LogP contribution in [0.4, 0.5) is 20.2 Å². The standard InChI is InChI=1S/C15H11ClF2N2O2/c1-8(21)19-13-7-9(5-6-11(13)17)20-15(22)14-10(16)3-2-4-12(14)18/h2-7H,1H3,(H,19,21)(H,20,22). The second kappa shape index (κ2) is 6.53. The average Bonchev–Trinajstić information content (AvgIpc) is 2.42. The molecule has 0 fully saturated rings. The first-order chi connectivity index (χ1) is 10.4. The zero-order valence-corrected chi connectivity index (χ0v) is 12.2. The quantitative estimate of drug-likeness (QED) is 0.901. The van der Waals surface area contributed by atoms with Crippen molar-refractivity contribution in [3.8, 4) is 0 Å². The number of carbonyl (C=O) groups is 2. The molecule has 4 nitrogen and oxygen atoms in total. The molecule has 2 amide bonds. The number of rotatable bonds is 3. The van der Waals surface area contributed by atoms with Crippen molar-refractivity contribution in [2.75, 3.05) is 10.6 Å². The molecule has 2 aromatic carbocycles. The van der Waals surface area contributed by atoms with Gasteiger partial charge in [0.05, 0.1) is 16.3 Å². The maximum absolute atomic E-state index is 13.7. The van der Waals surface area contributed by atoms with Crippen molar-refractivity contribution in [1.29, 1.82) is 0 Å². The van der Waals surface area contributed by atoms with Gasteiger partial charge in [0.15, 0.2) is 0 Å². The number of hydrogen-bond donors (Lipinski definition) is 2. The van der Waals surface area contributed by atoms with Crippen molar-refractivity contribution >= 4 is 34.8 Å². The van der Waals surface area contributed by atoms with Crippen LogP contribution in [-0.4, -0.2) is 11.8 Å². The van der Waals surface area contributed by atoms with Crippen LogP contribution >= 0.6 is 11.6 Å². The largest absolute Gasteiger partial charge is 0.324 e. The van der Waals surface area contributed by atoms with E-state index in [1.54, 1.807) is 0 Å². The van der Waals surface area contributed by atoms with Crippen molar-refractivity contribution < 1.29 is 18.4 Å². The molecule has 0 atom stereocenters. The van der Waals surface area contributed by atoms with Crippen LogP contribution in [0, 0.1) is 11.6 Å². The SMILES string of the molecule is CC(=O)Nc1cc(NC(=O)c2c(F)cccc2Cl)ccc1F. The zero-order valence-electron chi connectivity index (χ0n) is 11.4. The highest BCUT2D eigenvalue weighted by atomic mass is 35.5. The third-order valence-corrected chi connectivity index (χ3v) is 3.04. The summed E-state index contributed by atoms with van der Waals surface area (Å²) < 4.78 is 27.2. The van der Waals surface area contributed by atoms with E-state index in [0.29, 0.717) is 0 Å². The highest BCUT2D eigenvalue weighted by Gasteiger charge is 2.16. The normalized spacial score (nSPS) is 10.2. The van der Waals surface area contributed by atoms with E-state index in [0.717, 1.165) is 12.1 Å². The lowest BCUT2D eigenvalue weighted by atomic mass is 10.2. The number of anilines is 2. The molecule has 0 aliphatic carbocycles. The fourth-order valence-electron chi connectivity index (χ4n) is 1.80. The molecule has 0 heterocycles. The monoisotopic (exact) mass is 324 g/mol. The van der Waals surface area contributed by atoms with Gasteiger partial charge in [-0.3, -0.25) is 9.59 Å². The molecule has 7 heteroatoms. The lowest BCUT2D eigenvalue weighted by molar-refractivity contribution is -0.114. The second-order valence-corrected chi connectivity index (χ2v) is 4.83. The number of benzene rings is 2. The fourth-order valence-corrected chi connectivity index (χ4v) is 2.05. The molecule has 0 bridgehead atoms. The van der Waals surface area contributed by atoms with E-state index in [2.05, 4.69) is 10.6 Å². The summed E-state index contributed by atoms with van der Waals surface area (Å²) in [7, 11) is 0. The van der Waals surface area contributed by atoms with Crippen LogP contribution in [0.25, 0.3) is 0 Å². The zero-order chi connectivity index (χ0) is 16.3. The molecule has 0 radical (unpaired) electrons. The van der Waals surface area contributed by atoms with Gasteiger partial charge in [-0.15, -0.1) is 0 Å². The first kappa shape index (κ1) is 15.9. The molecule has 0 aliphatic rings. The Bertz CT molecular complexity index is 730. The van der Waals surface area contributed by atoms with E-state index in [-0.39, 0.29) is 22.0 Å². The lowest BCUT2D eigenvalue weighted by Gasteiger charge is -2.10. The van der Waals surface area contributed by atoms with Crippen LogP contribution in [-0.2, 0) is 4.79 Å². The first-order valence-corrected chi connectivity index (χ1v) is 6.59. The van der Waals surface area contributed by atoms with Crippen LogP contribution in [0.2, 0.25) is 5.02 Å². The first-order valence-electron chi connectivity index (χ1n) is 6.21. The Balaban J connectivity index is 2.27. The van der Waals surface area contributed by atoms with E-state index in [9.17, 15) is 18.4 Å². The minimum Gasteiger partial charge on any atom is -0.324 e. The second-order valence-electron chi connectivity index (χ2n) is 4.43. The van der Waals surface area contributed by atoms with Crippen LogP contribution < -0.4 is 10.6 Å². The molecule has 0 aromatic heterocycles. The van der Waals surface area contributed by atoms with Gasteiger partial charge in [0.2, 0.25) is 5.91 Å². The smallest absolute Gasteiger partial charge is 0.260 e. The Morgan fingerprint density at radius 3 is 2.41 bits per heavy atom. The number of carbonyl (C=O) groups excluding carboxylic acids is 2. The summed E-state index contributed by atoms with van der Waals surface area (Å²) in [6, 6.07) is 7.45. The summed E-state index contributed by atoms with van der Waals surface area (Å²) in [4.78, 5) is 23.0. The number of amides is 2. The molecule has 2 rings (SSSR count). The molecule has 0 saturated carbocycles. The summed E-state index contributed by atoms with van der Waals surface area (Å²) in [5.41, 5.74) is -0.214. The molecular formula is C15H11ClF2N2O2. The number of hydrogen-bond acceptors (Lipinski definition) is 2. The minimum atomic E-state index is -0.775. The number of halogens is 3. The number of nitrogens with one attached hydrogen (secondary N) is 2. The summed E-state index contributed by atoms with van der Waals surface area (Å²) in [5.74, 6) is -2.66. The molecule has 114 valence electrons. The van der Waals surface area contributed by atoms with Crippen LogP contribution in [0.3, 0.4) is 0 Å². The Labute approximate surface area is 130 Å². The molecule has 0 spiro atoms. The van der Waals surface area contributed by atoms with Crippen molar-refractivity contribution in [3.63, 3.8) is 0 Å². The van der Waals surface area contributed by atoms with E-state index < -0.39 is 23.4 Å². The predicted octanol–water partition coefficient (Wildman–Crippen LogP) is 3.83. The van der Waals surface area contributed by atoms with Crippen LogP contribution in [0.15, 0.2) is 36.4 Å². The van der Waals surface area contributed by atoms with Gasteiger partial charge in [-0.05, 0) is 30.3 Å². The maximum Gasteiger partial charge on any atom is 0.260 e. The van der Waals surface area contributed by atoms with Crippen LogP contribution in [0.5, 0.6) is 0 Å². The Morgan fingerprint density at radius 1 is 1.05 bits per heavy atom. The maximum atomic E-state index is 13.7. The Morgan fingerprint density at radius 2 is 1.77 bits per heavy atom. The highest BCUT2D eigenvalue weighted by molar-refractivity contribution is 6.34. The Hall–Kier alpha value is -2.47. The minimum absolute atomic E-state index is 0.0401. The summed E-state index contributed by atoms with van der Waals surface area (Å²) in [6.07, 6.45) is 0. The summed E-state index contributed by atoms with van der Waals surface area (Å²) in [5, 5.41) is 4.64. The van der Waals surface area contributed by atoms with Gasteiger partial charge in [0, 0.05) is 12.6 Å². The molecule has 2 N–H and O–H groups in total. The van der Waals surface area contributed by atoms with Crippen molar-refractivity contribution in [2.24, 2.45) is 0 Å². The van der Waals surface area contributed by atoms with Gasteiger partial charge in [-0.25, -0.2) is 8.78 Å². The topological polar surface area (TPSA) is 58.2 Å². The van der Waals surface area contributed by atoms with E-state index in [1.807, 2.05) is 0 Å². The van der Waals surface area contributed by atoms with Gasteiger partial charge >= 0.3 is 0 Å². The fraction of sp³-hybridized carbons (Fsp3) is 0.0667. The van der Waals surface area contributed by atoms with E-state index in [1.165, 1.54) is 31.2 Å². The van der Waals surface area contributed by atoms with Crippen molar-refractivity contribution in [1.82, 2.24) is 0 Å². The molecular weight excluding hydrogens is 314 g/mol. The van der Waals surface area contributed by atoms with Gasteiger partial charge in [-0.2, -0.15) is 0 Å². The van der Waals surface area contributed by atoms with Gasteiger partial charge in [0.1, 0.15) is 11.6 Å². The summed E-state index contributed by atoms with van der Waals surface area (Å²) >= 11 is 5.80. The van der Waals surface area contributed by atoms with Crippen LogP contribution in [0.1, 0.15) is 17.3 Å². The lowest BCUT2D eigenvalue weighted by Crippen LogP contribution is -2.15. The van der Waals surface area contributed by atoms with Gasteiger partial charge in [-0.1, -0.05) is 17.7 Å². The molecule has 0 aliphatic heterocycles. The summed E-state index contributed by atoms with van der Waals surface area (Å²) in [6.45, 7) is 1.23. The third kappa shape index (κ3) is 3.59. The van der Waals surface area contributed by atoms with Gasteiger partial charge in [0.25, 0.3) is 5.91 Å². The van der Waals surface area contributed by atoms with E-state index in [4.69, 9.17) is 11.6 Å². The van der Waals surface area contributed by atoms with Crippen molar-refractivity contribution in [3.05, 3.63) is 58.6 Å². The molecule has 22 heavy (non-hydrogen) atoms. The average molecular weight is 325 g/mol. The Kier molecular flexibility index (Phi) is 4.72. The predicted molar refractivity (Wildman–Crippen MR) is 80.1 cm³/mol. The molecule has 2 aromatic rings. The van der Waals surface area contributed by atoms with E-state index >= 15 is 0 Å². The van der Waals surface area contributed by atoms with Gasteiger partial charge < -0.3 is 10.6 Å². The highest BCUT2D eigenvalue weighted by Crippen LogP contribution is 2.23. The third-order valence-electron chi connectivity index (χ3n) is 2.72. The molecule has 0 unspecified atom stereocenters. The molecule has 0 saturated heterocycles. The van der Waals surface area contributed by atoms with Crippen molar-refractivity contribution in [2.45, 2.75) is 6.92 Å².